The molecule has 3 aromatic rings. The molecular formula is C17H15ClN2O3S. The maximum atomic E-state index is 12.3. The van der Waals surface area contributed by atoms with E-state index in [1.54, 1.807) is 54.9 Å². The number of anilines is 1. The van der Waals surface area contributed by atoms with Crippen LogP contribution in [0.25, 0.3) is 10.2 Å². The summed E-state index contributed by atoms with van der Waals surface area (Å²) in [5.74, 6) is 0.250. The molecule has 24 heavy (non-hydrogen) atoms. The van der Waals surface area contributed by atoms with Crippen LogP contribution in [0.4, 0.5) is 5.69 Å². The van der Waals surface area contributed by atoms with Gasteiger partial charge in [-0.1, -0.05) is 29.0 Å². The van der Waals surface area contributed by atoms with E-state index in [2.05, 4.69) is 5.32 Å². The SMILES string of the molecule is C[C@H](Oc1cccc(Cl)c1)C(=O)Nc1ccc2c(c1)sc(=O)n2C. The van der Waals surface area contributed by atoms with Gasteiger partial charge in [0.05, 0.1) is 10.2 Å². The summed E-state index contributed by atoms with van der Waals surface area (Å²) in [6.45, 7) is 1.66. The normalized spacial score (nSPS) is 12.1. The van der Waals surface area contributed by atoms with Gasteiger partial charge in [-0.15, -0.1) is 0 Å². The molecule has 2 aromatic carbocycles. The van der Waals surface area contributed by atoms with Gasteiger partial charge in [0, 0.05) is 17.8 Å². The lowest BCUT2D eigenvalue weighted by Gasteiger charge is -2.15. The van der Waals surface area contributed by atoms with Crippen LogP contribution in [0.15, 0.2) is 47.3 Å². The van der Waals surface area contributed by atoms with Crippen LogP contribution in [0.1, 0.15) is 6.92 Å². The van der Waals surface area contributed by atoms with Crippen LogP contribution in [0, 0.1) is 0 Å². The number of carbonyl (C=O) groups excluding carboxylic acids is 1. The molecule has 0 aliphatic carbocycles. The molecule has 0 aliphatic heterocycles. The van der Waals surface area contributed by atoms with E-state index in [-0.39, 0.29) is 10.8 Å². The number of aryl methyl sites for hydroxylation is 1. The molecular weight excluding hydrogens is 348 g/mol. The fourth-order valence-electron chi connectivity index (χ4n) is 2.25. The van der Waals surface area contributed by atoms with Gasteiger partial charge in [-0.05, 0) is 43.3 Å². The number of halogens is 1. The third-order valence-electron chi connectivity index (χ3n) is 3.54. The van der Waals surface area contributed by atoms with E-state index in [4.69, 9.17) is 16.3 Å². The van der Waals surface area contributed by atoms with E-state index >= 15 is 0 Å². The Morgan fingerprint density at radius 3 is 2.83 bits per heavy atom. The Balaban J connectivity index is 1.73. The summed E-state index contributed by atoms with van der Waals surface area (Å²) in [6, 6.07) is 12.2. The Kier molecular flexibility index (Phi) is 4.59. The number of benzene rings is 2. The van der Waals surface area contributed by atoms with Crippen molar-refractivity contribution in [2.45, 2.75) is 13.0 Å². The van der Waals surface area contributed by atoms with Crippen molar-refractivity contribution in [3.8, 4) is 5.75 Å². The predicted molar refractivity (Wildman–Crippen MR) is 97.2 cm³/mol. The first-order valence-corrected chi connectivity index (χ1v) is 8.46. The van der Waals surface area contributed by atoms with Crippen molar-refractivity contribution < 1.29 is 9.53 Å². The standard InChI is InChI=1S/C17H15ClN2O3S/c1-10(23-13-5-3-4-11(18)8-13)16(21)19-12-6-7-14-15(9-12)24-17(22)20(14)2/h3-10H,1-2H3,(H,19,21)/t10-/m0/s1. The molecule has 0 saturated heterocycles. The maximum Gasteiger partial charge on any atom is 0.307 e. The van der Waals surface area contributed by atoms with Crippen molar-refractivity contribution >= 4 is 44.7 Å². The van der Waals surface area contributed by atoms with Crippen LogP contribution in [0.3, 0.4) is 0 Å². The largest absolute Gasteiger partial charge is 0.481 e. The minimum atomic E-state index is -0.686. The van der Waals surface area contributed by atoms with Gasteiger partial charge < -0.3 is 14.6 Å². The van der Waals surface area contributed by atoms with Crippen molar-refractivity contribution in [2.24, 2.45) is 7.05 Å². The number of fused-ring (bicyclic) bond motifs is 1. The third-order valence-corrected chi connectivity index (χ3v) is 4.77. The molecule has 1 heterocycles. The van der Waals surface area contributed by atoms with Gasteiger partial charge in [-0.25, -0.2) is 0 Å². The lowest BCUT2D eigenvalue weighted by Crippen LogP contribution is -2.30. The maximum absolute atomic E-state index is 12.3. The number of hydrogen-bond donors (Lipinski definition) is 1. The number of nitrogens with zero attached hydrogens (tertiary/aromatic N) is 1. The van der Waals surface area contributed by atoms with Crippen molar-refractivity contribution in [3.63, 3.8) is 0 Å². The van der Waals surface area contributed by atoms with Gasteiger partial charge in [0.2, 0.25) is 0 Å². The van der Waals surface area contributed by atoms with Gasteiger partial charge >= 0.3 is 4.87 Å². The summed E-state index contributed by atoms with van der Waals surface area (Å²) in [6.07, 6.45) is -0.686. The minimum Gasteiger partial charge on any atom is -0.481 e. The molecule has 3 rings (SSSR count). The minimum absolute atomic E-state index is 0.0360. The number of carbonyl (C=O) groups is 1. The average Bonchev–Trinajstić information content (AvgIpc) is 2.81. The summed E-state index contributed by atoms with van der Waals surface area (Å²) in [5, 5.41) is 3.34. The molecule has 0 saturated carbocycles. The van der Waals surface area contributed by atoms with Crippen molar-refractivity contribution in [1.29, 1.82) is 0 Å². The van der Waals surface area contributed by atoms with E-state index in [9.17, 15) is 9.59 Å². The highest BCUT2D eigenvalue weighted by Gasteiger charge is 2.15. The molecule has 0 unspecified atom stereocenters. The molecule has 7 heteroatoms. The van der Waals surface area contributed by atoms with Crippen LogP contribution in [-0.2, 0) is 11.8 Å². The van der Waals surface area contributed by atoms with Gasteiger partial charge in [-0.3, -0.25) is 9.59 Å². The summed E-state index contributed by atoms with van der Waals surface area (Å²) in [5.41, 5.74) is 1.46. The summed E-state index contributed by atoms with van der Waals surface area (Å²) in [7, 11) is 1.72. The fourth-order valence-corrected chi connectivity index (χ4v) is 3.35. The average molecular weight is 363 g/mol. The Labute approximate surface area is 147 Å². The van der Waals surface area contributed by atoms with Gasteiger partial charge in [-0.2, -0.15) is 0 Å². The summed E-state index contributed by atoms with van der Waals surface area (Å²) < 4.78 is 7.99. The first-order valence-electron chi connectivity index (χ1n) is 7.27. The number of amides is 1. The monoisotopic (exact) mass is 362 g/mol. The van der Waals surface area contributed by atoms with Crippen LogP contribution >= 0.6 is 22.9 Å². The molecule has 0 spiro atoms. The van der Waals surface area contributed by atoms with E-state index in [0.717, 1.165) is 21.6 Å². The zero-order chi connectivity index (χ0) is 17.3. The molecule has 0 radical (unpaired) electrons. The molecule has 0 aliphatic rings. The van der Waals surface area contributed by atoms with E-state index in [1.165, 1.54) is 0 Å². The Morgan fingerprint density at radius 1 is 1.29 bits per heavy atom. The van der Waals surface area contributed by atoms with Crippen molar-refractivity contribution in [2.75, 3.05) is 5.32 Å². The predicted octanol–water partition coefficient (Wildman–Crippen LogP) is 3.66. The van der Waals surface area contributed by atoms with Crippen LogP contribution in [-0.4, -0.2) is 16.6 Å². The number of ether oxygens (including phenoxy) is 1. The molecule has 124 valence electrons. The topological polar surface area (TPSA) is 60.3 Å². The Hall–Kier alpha value is -2.31. The number of nitrogens with one attached hydrogen (secondary N) is 1. The smallest absolute Gasteiger partial charge is 0.307 e. The molecule has 1 amide bonds. The highest BCUT2D eigenvalue weighted by molar-refractivity contribution is 7.16. The fraction of sp³-hybridized carbons (Fsp3) is 0.176. The second kappa shape index (κ2) is 6.67. The summed E-state index contributed by atoms with van der Waals surface area (Å²) >= 11 is 7.04. The third kappa shape index (κ3) is 3.44. The lowest BCUT2D eigenvalue weighted by atomic mass is 10.2. The number of hydrogen-bond acceptors (Lipinski definition) is 4. The van der Waals surface area contributed by atoms with E-state index < -0.39 is 6.10 Å². The van der Waals surface area contributed by atoms with Crippen LogP contribution < -0.4 is 14.9 Å². The Bertz CT molecular complexity index is 964. The van der Waals surface area contributed by atoms with Crippen molar-refractivity contribution in [1.82, 2.24) is 4.57 Å². The second-order valence-electron chi connectivity index (χ2n) is 5.32. The zero-order valence-electron chi connectivity index (χ0n) is 13.1. The zero-order valence-corrected chi connectivity index (χ0v) is 14.6. The molecule has 0 bridgehead atoms. The Morgan fingerprint density at radius 2 is 2.08 bits per heavy atom. The van der Waals surface area contributed by atoms with Crippen LogP contribution in [0.5, 0.6) is 5.75 Å². The van der Waals surface area contributed by atoms with Gasteiger partial charge in [0.15, 0.2) is 6.10 Å². The highest BCUT2D eigenvalue weighted by atomic mass is 35.5. The van der Waals surface area contributed by atoms with E-state index in [1.807, 2.05) is 6.07 Å². The molecule has 1 atom stereocenters. The first kappa shape index (κ1) is 16.5. The number of rotatable bonds is 4. The molecule has 0 fully saturated rings. The summed E-state index contributed by atoms with van der Waals surface area (Å²) in [4.78, 5) is 23.9. The molecule has 5 nitrogen and oxygen atoms in total. The lowest BCUT2D eigenvalue weighted by molar-refractivity contribution is -0.122. The second-order valence-corrected chi connectivity index (χ2v) is 6.75. The van der Waals surface area contributed by atoms with Gasteiger partial charge in [0.25, 0.3) is 5.91 Å². The van der Waals surface area contributed by atoms with Crippen LogP contribution in [0.2, 0.25) is 5.02 Å². The number of aromatic nitrogens is 1. The molecule has 1 aromatic heterocycles. The van der Waals surface area contributed by atoms with Crippen molar-refractivity contribution in [3.05, 3.63) is 57.2 Å². The number of thiazole rings is 1. The highest BCUT2D eigenvalue weighted by Crippen LogP contribution is 2.22. The quantitative estimate of drug-likeness (QED) is 0.770. The van der Waals surface area contributed by atoms with E-state index in [0.29, 0.717) is 16.5 Å². The first-order chi connectivity index (χ1) is 11.4. The molecule has 1 N–H and O–H groups in total. The van der Waals surface area contributed by atoms with Gasteiger partial charge in [0.1, 0.15) is 5.75 Å².